The van der Waals surface area contributed by atoms with Gasteiger partial charge < -0.3 is 15.3 Å². The highest BCUT2D eigenvalue weighted by molar-refractivity contribution is 5.59. The number of hydrogen-bond donors (Lipinski definition) is 3. The van der Waals surface area contributed by atoms with Crippen LogP contribution in [0.4, 0.5) is 5.95 Å². The van der Waals surface area contributed by atoms with Gasteiger partial charge >= 0.3 is 0 Å². The molecule has 0 spiro atoms. The molecule has 0 saturated carbocycles. The first-order chi connectivity index (χ1) is 13.2. The Morgan fingerprint density at radius 3 is 2.74 bits per heavy atom. The molecular formula is C19H24N6O2. The van der Waals surface area contributed by atoms with Crippen molar-refractivity contribution in [2.24, 2.45) is 0 Å². The van der Waals surface area contributed by atoms with Crippen molar-refractivity contribution >= 4 is 11.6 Å². The lowest BCUT2D eigenvalue weighted by Crippen LogP contribution is -2.36. The normalized spacial score (nSPS) is 16.0. The first-order valence-corrected chi connectivity index (χ1v) is 9.38. The molecule has 1 aliphatic rings. The highest BCUT2D eigenvalue weighted by atomic mass is 16.3. The third-order valence-corrected chi connectivity index (χ3v) is 4.88. The van der Waals surface area contributed by atoms with Crippen LogP contribution in [0.5, 0.6) is 0 Å². The van der Waals surface area contributed by atoms with Gasteiger partial charge in [0.25, 0.3) is 5.56 Å². The Bertz CT molecular complexity index is 944. The Labute approximate surface area is 156 Å². The van der Waals surface area contributed by atoms with Crippen molar-refractivity contribution in [2.45, 2.75) is 25.4 Å². The van der Waals surface area contributed by atoms with E-state index in [1.165, 1.54) is 6.07 Å². The topological polar surface area (TPSA) is 98.6 Å². The van der Waals surface area contributed by atoms with E-state index in [-0.39, 0.29) is 11.7 Å². The second kappa shape index (κ2) is 7.89. The molecule has 3 aromatic rings. The van der Waals surface area contributed by atoms with Crippen molar-refractivity contribution in [3.8, 4) is 11.4 Å². The number of aromatic nitrogens is 4. The number of rotatable bonds is 6. The lowest BCUT2D eigenvalue weighted by Gasteiger charge is -2.29. The van der Waals surface area contributed by atoms with E-state index in [1.807, 2.05) is 30.3 Å². The molecule has 0 radical (unpaired) electrons. The van der Waals surface area contributed by atoms with E-state index in [1.54, 1.807) is 4.52 Å². The van der Waals surface area contributed by atoms with E-state index in [9.17, 15) is 9.90 Å². The molecule has 0 atom stereocenters. The monoisotopic (exact) mass is 368 g/mol. The van der Waals surface area contributed by atoms with Crippen LogP contribution in [0.3, 0.4) is 0 Å². The number of aromatic amines is 1. The summed E-state index contributed by atoms with van der Waals surface area (Å²) in [4.78, 5) is 23.2. The molecule has 142 valence electrons. The fourth-order valence-corrected chi connectivity index (χ4v) is 3.39. The van der Waals surface area contributed by atoms with E-state index in [0.29, 0.717) is 17.4 Å². The zero-order valence-electron chi connectivity index (χ0n) is 15.1. The minimum absolute atomic E-state index is 0.143. The molecule has 8 heteroatoms. The number of hydrogen-bond acceptors (Lipinski definition) is 6. The molecule has 3 N–H and O–H groups in total. The second-order valence-electron chi connectivity index (χ2n) is 6.90. The highest BCUT2D eigenvalue weighted by Gasteiger charge is 2.16. The van der Waals surface area contributed by atoms with Gasteiger partial charge in [-0.25, -0.2) is 9.50 Å². The van der Waals surface area contributed by atoms with E-state index in [2.05, 4.69) is 25.3 Å². The minimum Gasteiger partial charge on any atom is -0.393 e. The Kier molecular flexibility index (Phi) is 5.17. The van der Waals surface area contributed by atoms with Crippen LogP contribution in [0.2, 0.25) is 0 Å². The van der Waals surface area contributed by atoms with Crippen molar-refractivity contribution in [2.75, 3.05) is 31.5 Å². The molecule has 8 nitrogen and oxygen atoms in total. The van der Waals surface area contributed by atoms with Gasteiger partial charge in [-0.1, -0.05) is 30.3 Å². The minimum atomic E-state index is -0.204. The molecule has 3 heterocycles. The summed E-state index contributed by atoms with van der Waals surface area (Å²) in [6.45, 7) is 3.60. The molecule has 4 rings (SSSR count). The molecule has 2 aromatic heterocycles. The van der Waals surface area contributed by atoms with Gasteiger partial charge in [-0.2, -0.15) is 4.98 Å². The van der Waals surface area contributed by atoms with Gasteiger partial charge in [-0.05, 0) is 25.8 Å². The largest absolute Gasteiger partial charge is 0.393 e. The lowest BCUT2D eigenvalue weighted by atomic mass is 10.1. The van der Waals surface area contributed by atoms with Gasteiger partial charge in [-0.15, -0.1) is 0 Å². The summed E-state index contributed by atoms with van der Waals surface area (Å²) in [6.07, 6.45) is 2.51. The molecule has 0 unspecified atom stereocenters. The highest BCUT2D eigenvalue weighted by Crippen LogP contribution is 2.17. The first kappa shape index (κ1) is 17.7. The number of piperidine rings is 1. The van der Waals surface area contributed by atoms with E-state index in [0.717, 1.165) is 51.0 Å². The predicted molar refractivity (Wildman–Crippen MR) is 104 cm³/mol. The number of anilines is 1. The molecule has 1 saturated heterocycles. The summed E-state index contributed by atoms with van der Waals surface area (Å²) >= 11 is 0. The average molecular weight is 368 g/mol. The number of nitrogens with one attached hydrogen (secondary N) is 2. The maximum Gasteiger partial charge on any atom is 0.266 e. The second-order valence-corrected chi connectivity index (χ2v) is 6.90. The van der Waals surface area contributed by atoms with Crippen LogP contribution >= 0.6 is 0 Å². The summed E-state index contributed by atoms with van der Waals surface area (Å²) in [5, 5.41) is 15.6. The van der Waals surface area contributed by atoms with Gasteiger partial charge in [0.05, 0.1) is 6.10 Å². The molecule has 1 fully saturated rings. The van der Waals surface area contributed by atoms with Crippen molar-refractivity contribution < 1.29 is 5.11 Å². The van der Waals surface area contributed by atoms with Crippen LogP contribution in [0, 0.1) is 0 Å². The zero-order valence-corrected chi connectivity index (χ0v) is 15.1. The van der Waals surface area contributed by atoms with E-state index in [4.69, 9.17) is 0 Å². The van der Waals surface area contributed by atoms with Gasteiger partial charge in [0.1, 0.15) is 0 Å². The number of benzene rings is 1. The van der Waals surface area contributed by atoms with Gasteiger partial charge in [0.15, 0.2) is 11.5 Å². The van der Waals surface area contributed by atoms with Crippen molar-refractivity contribution in [3.63, 3.8) is 0 Å². The van der Waals surface area contributed by atoms with Crippen LogP contribution < -0.4 is 10.9 Å². The summed E-state index contributed by atoms with van der Waals surface area (Å²) in [5.74, 6) is 1.16. The Hall–Kier alpha value is -2.71. The number of aliphatic hydroxyl groups excluding tert-OH is 1. The average Bonchev–Trinajstić information content (AvgIpc) is 3.07. The summed E-state index contributed by atoms with van der Waals surface area (Å²) in [5.41, 5.74) is 1.24. The van der Waals surface area contributed by atoms with Crippen molar-refractivity contribution in [3.05, 3.63) is 46.8 Å². The molecule has 1 aromatic carbocycles. The summed E-state index contributed by atoms with van der Waals surface area (Å²) in [6, 6.07) is 11.2. The Morgan fingerprint density at radius 1 is 1.19 bits per heavy atom. The third-order valence-electron chi connectivity index (χ3n) is 4.88. The van der Waals surface area contributed by atoms with Crippen LogP contribution in [0.25, 0.3) is 17.0 Å². The fourth-order valence-electron chi connectivity index (χ4n) is 3.39. The van der Waals surface area contributed by atoms with E-state index >= 15 is 0 Å². The first-order valence-electron chi connectivity index (χ1n) is 9.38. The van der Waals surface area contributed by atoms with Crippen molar-refractivity contribution in [1.82, 2.24) is 24.5 Å². The van der Waals surface area contributed by atoms with Crippen molar-refractivity contribution in [1.29, 1.82) is 0 Å². The van der Waals surface area contributed by atoms with Gasteiger partial charge in [-0.3, -0.25) is 9.89 Å². The molecule has 0 aliphatic carbocycles. The van der Waals surface area contributed by atoms with E-state index < -0.39 is 0 Å². The molecule has 27 heavy (non-hydrogen) atoms. The van der Waals surface area contributed by atoms with Gasteiger partial charge in [0.2, 0.25) is 5.95 Å². The zero-order chi connectivity index (χ0) is 18.6. The third kappa shape index (κ3) is 4.17. The van der Waals surface area contributed by atoms with Crippen LogP contribution in [0.1, 0.15) is 19.3 Å². The SMILES string of the molecule is O=c1cc2nc(-c3ccccc3)nc(NCCCN3CCC(O)CC3)n2[nH]1. The number of nitrogens with zero attached hydrogens (tertiary/aromatic N) is 4. The molecule has 1 aliphatic heterocycles. The summed E-state index contributed by atoms with van der Waals surface area (Å²) in [7, 11) is 0. The van der Waals surface area contributed by atoms with Crippen LogP contribution in [-0.2, 0) is 0 Å². The molecule has 0 bridgehead atoms. The maximum atomic E-state index is 11.8. The quantitative estimate of drug-likeness (QED) is 0.568. The number of aliphatic hydroxyl groups is 1. The number of fused-ring (bicyclic) bond motifs is 1. The smallest absolute Gasteiger partial charge is 0.266 e. The van der Waals surface area contributed by atoms with Crippen LogP contribution in [0.15, 0.2) is 41.2 Å². The molecule has 0 amide bonds. The predicted octanol–water partition coefficient (Wildman–Crippen LogP) is 1.34. The Balaban J connectivity index is 1.46. The van der Waals surface area contributed by atoms with Crippen LogP contribution in [-0.4, -0.2) is 61.9 Å². The number of likely N-dealkylation sites (tertiary alicyclic amines) is 1. The maximum absolute atomic E-state index is 11.8. The number of H-pyrrole nitrogens is 1. The fraction of sp³-hybridized carbons (Fsp3) is 0.421. The Morgan fingerprint density at radius 2 is 1.96 bits per heavy atom. The lowest BCUT2D eigenvalue weighted by molar-refractivity contribution is 0.0825. The standard InChI is InChI=1S/C19H24N6O2/c26-15-7-11-24(12-8-15)10-4-9-20-19-22-18(14-5-2-1-3-6-14)21-16-13-17(27)23-25(16)19/h1-3,5-6,13,15,26H,4,7-12H2,(H,23,27)(H,20,21,22). The summed E-state index contributed by atoms with van der Waals surface area (Å²) < 4.78 is 1.59. The molecular weight excluding hydrogens is 344 g/mol. The van der Waals surface area contributed by atoms with Gasteiger partial charge in [0, 0.05) is 31.3 Å².